The van der Waals surface area contributed by atoms with Crippen LogP contribution in [0.2, 0.25) is 10.0 Å². The van der Waals surface area contributed by atoms with Crippen LogP contribution in [-0.4, -0.2) is 79.0 Å². The minimum Gasteiger partial charge on any atom is -0.301 e. The standard InChI is InChI=1S/C21H28Cl2N4O4S2/c22-18-2-6-20(7-3-18)32(28,29)24-10-1-12-26-14-16-27(17-15-26)13-11-25-33(30,31)21-8-4-19(23)5-9-21/h2-9,24-25H,1,10-17H2. The molecule has 1 aliphatic heterocycles. The lowest BCUT2D eigenvalue weighted by atomic mass is 10.3. The van der Waals surface area contributed by atoms with Gasteiger partial charge in [0, 0.05) is 55.9 Å². The average molecular weight is 536 g/mol. The highest BCUT2D eigenvalue weighted by Gasteiger charge is 2.19. The van der Waals surface area contributed by atoms with Crippen molar-refractivity contribution in [3.8, 4) is 0 Å². The van der Waals surface area contributed by atoms with Gasteiger partial charge in [-0.3, -0.25) is 4.90 Å². The maximum Gasteiger partial charge on any atom is 0.240 e. The second kappa shape index (κ2) is 11.9. The highest BCUT2D eigenvalue weighted by molar-refractivity contribution is 7.89. The predicted octanol–water partition coefficient (Wildman–Crippen LogP) is 2.26. The smallest absolute Gasteiger partial charge is 0.240 e. The van der Waals surface area contributed by atoms with E-state index in [0.717, 1.165) is 32.7 Å². The summed E-state index contributed by atoms with van der Waals surface area (Å²) in [6, 6.07) is 12.2. The third-order valence-electron chi connectivity index (χ3n) is 5.38. The van der Waals surface area contributed by atoms with E-state index in [2.05, 4.69) is 19.2 Å². The minimum atomic E-state index is -3.55. The van der Waals surface area contributed by atoms with Crippen LogP contribution in [0.5, 0.6) is 0 Å². The first-order valence-electron chi connectivity index (χ1n) is 10.6. The lowest BCUT2D eigenvalue weighted by Crippen LogP contribution is -2.48. The van der Waals surface area contributed by atoms with Gasteiger partial charge in [-0.15, -0.1) is 0 Å². The Hall–Kier alpha value is -1.24. The summed E-state index contributed by atoms with van der Waals surface area (Å²) in [5, 5.41) is 0.984. The van der Waals surface area contributed by atoms with Crippen molar-refractivity contribution in [2.45, 2.75) is 16.2 Å². The third kappa shape index (κ3) is 8.18. The minimum absolute atomic E-state index is 0.198. The Morgan fingerprint density at radius 1 is 0.636 bits per heavy atom. The van der Waals surface area contributed by atoms with Gasteiger partial charge in [0.15, 0.2) is 0 Å². The molecule has 0 aliphatic carbocycles. The Kier molecular flexibility index (Phi) is 9.54. The molecule has 8 nitrogen and oxygen atoms in total. The van der Waals surface area contributed by atoms with E-state index in [4.69, 9.17) is 23.2 Å². The zero-order valence-electron chi connectivity index (χ0n) is 18.1. The summed E-state index contributed by atoms with van der Waals surface area (Å²) in [6.07, 6.45) is 0.702. The van der Waals surface area contributed by atoms with E-state index in [9.17, 15) is 16.8 Å². The number of sulfonamides is 2. The van der Waals surface area contributed by atoms with Gasteiger partial charge in [-0.2, -0.15) is 0 Å². The van der Waals surface area contributed by atoms with E-state index in [0.29, 0.717) is 36.1 Å². The van der Waals surface area contributed by atoms with E-state index in [1.54, 1.807) is 24.3 Å². The maximum absolute atomic E-state index is 12.3. The Morgan fingerprint density at radius 2 is 1.03 bits per heavy atom. The SMILES string of the molecule is O=S(=O)(NCCCN1CCN(CCNS(=O)(=O)c2ccc(Cl)cc2)CC1)c1ccc(Cl)cc1. The summed E-state index contributed by atoms with van der Waals surface area (Å²) in [4.78, 5) is 4.89. The van der Waals surface area contributed by atoms with Crippen molar-refractivity contribution in [3.63, 3.8) is 0 Å². The number of benzene rings is 2. The Labute approximate surface area is 206 Å². The fourth-order valence-corrected chi connectivity index (χ4v) is 5.83. The molecule has 12 heteroatoms. The average Bonchev–Trinajstić information content (AvgIpc) is 2.78. The molecule has 0 bridgehead atoms. The number of hydrogen-bond donors (Lipinski definition) is 2. The second-order valence-electron chi connectivity index (χ2n) is 7.74. The lowest BCUT2D eigenvalue weighted by molar-refractivity contribution is 0.133. The number of rotatable bonds is 11. The van der Waals surface area contributed by atoms with Crippen molar-refractivity contribution in [1.82, 2.24) is 19.2 Å². The molecule has 0 saturated carbocycles. The van der Waals surface area contributed by atoms with Crippen LogP contribution in [0, 0.1) is 0 Å². The molecule has 2 aromatic rings. The molecule has 1 saturated heterocycles. The topological polar surface area (TPSA) is 98.8 Å². The quantitative estimate of drug-likeness (QED) is 0.429. The molecule has 1 heterocycles. The molecular weight excluding hydrogens is 507 g/mol. The molecule has 2 aromatic carbocycles. The van der Waals surface area contributed by atoms with Crippen LogP contribution >= 0.6 is 23.2 Å². The summed E-state index contributed by atoms with van der Waals surface area (Å²) in [5.74, 6) is 0. The zero-order valence-corrected chi connectivity index (χ0v) is 21.2. The van der Waals surface area contributed by atoms with Gasteiger partial charge in [0.2, 0.25) is 20.0 Å². The van der Waals surface area contributed by atoms with Crippen molar-refractivity contribution in [2.24, 2.45) is 0 Å². The normalized spacial score (nSPS) is 16.2. The fourth-order valence-electron chi connectivity index (χ4n) is 3.48. The van der Waals surface area contributed by atoms with E-state index in [1.807, 2.05) is 0 Å². The number of nitrogens with one attached hydrogen (secondary N) is 2. The molecule has 0 radical (unpaired) electrons. The van der Waals surface area contributed by atoms with Crippen LogP contribution in [0.15, 0.2) is 58.3 Å². The Morgan fingerprint density at radius 3 is 1.48 bits per heavy atom. The van der Waals surface area contributed by atoms with Gasteiger partial charge < -0.3 is 4.90 Å². The summed E-state index contributed by atoms with van der Waals surface area (Å²) in [6.45, 7) is 5.48. The van der Waals surface area contributed by atoms with E-state index in [-0.39, 0.29) is 9.79 Å². The first kappa shape index (κ1) is 26.4. The molecule has 1 fully saturated rings. The van der Waals surface area contributed by atoms with Crippen molar-refractivity contribution in [1.29, 1.82) is 0 Å². The highest BCUT2D eigenvalue weighted by atomic mass is 35.5. The van der Waals surface area contributed by atoms with Crippen LogP contribution in [0.4, 0.5) is 0 Å². The number of hydrogen-bond acceptors (Lipinski definition) is 6. The molecule has 1 aliphatic rings. The fraction of sp³-hybridized carbons (Fsp3) is 0.429. The van der Waals surface area contributed by atoms with Crippen LogP contribution in [0.1, 0.15) is 6.42 Å². The molecule has 182 valence electrons. The van der Waals surface area contributed by atoms with Crippen LogP contribution in [0.3, 0.4) is 0 Å². The molecule has 0 aromatic heterocycles. The first-order valence-corrected chi connectivity index (χ1v) is 14.3. The molecule has 33 heavy (non-hydrogen) atoms. The van der Waals surface area contributed by atoms with Gasteiger partial charge in [0.05, 0.1) is 9.79 Å². The Bertz CT molecular complexity index is 1100. The van der Waals surface area contributed by atoms with Crippen molar-refractivity contribution < 1.29 is 16.8 Å². The summed E-state index contributed by atoms with van der Waals surface area (Å²) in [5.41, 5.74) is 0. The largest absolute Gasteiger partial charge is 0.301 e. The van der Waals surface area contributed by atoms with Crippen molar-refractivity contribution >= 4 is 43.2 Å². The molecule has 0 spiro atoms. The van der Waals surface area contributed by atoms with Gasteiger partial charge in [-0.05, 0) is 61.5 Å². The summed E-state index contributed by atoms with van der Waals surface area (Å²) in [7, 11) is -7.08. The van der Waals surface area contributed by atoms with Crippen LogP contribution in [-0.2, 0) is 20.0 Å². The summed E-state index contributed by atoms with van der Waals surface area (Å²) >= 11 is 11.6. The molecule has 0 amide bonds. The summed E-state index contributed by atoms with van der Waals surface area (Å²) < 4.78 is 54.5. The Balaban J connectivity index is 1.31. The first-order chi connectivity index (χ1) is 15.7. The van der Waals surface area contributed by atoms with Crippen LogP contribution < -0.4 is 9.44 Å². The predicted molar refractivity (Wildman–Crippen MR) is 131 cm³/mol. The van der Waals surface area contributed by atoms with E-state index >= 15 is 0 Å². The maximum atomic E-state index is 12.3. The molecule has 3 rings (SSSR count). The number of halogens is 2. The number of piperazine rings is 1. The lowest BCUT2D eigenvalue weighted by Gasteiger charge is -2.34. The van der Waals surface area contributed by atoms with Crippen LogP contribution in [0.25, 0.3) is 0 Å². The van der Waals surface area contributed by atoms with Crippen molar-refractivity contribution in [2.75, 3.05) is 52.4 Å². The monoisotopic (exact) mass is 534 g/mol. The second-order valence-corrected chi connectivity index (χ2v) is 12.1. The molecule has 0 atom stereocenters. The molecular formula is C21H28Cl2N4O4S2. The van der Waals surface area contributed by atoms with Gasteiger partial charge in [-0.25, -0.2) is 26.3 Å². The highest BCUT2D eigenvalue weighted by Crippen LogP contribution is 2.15. The third-order valence-corrected chi connectivity index (χ3v) is 8.83. The van der Waals surface area contributed by atoms with Crippen molar-refractivity contribution in [3.05, 3.63) is 58.6 Å². The molecule has 2 N–H and O–H groups in total. The zero-order chi connectivity index (χ0) is 23.9. The van der Waals surface area contributed by atoms with Gasteiger partial charge >= 0.3 is 0 Å². The van der Waals surface area contributed by atoms with Gasteiger partial charge in [-0.1, -0.05) is 23.2 Å². The van der Waals surface area contributed by atoms with Gasteiger partial charge in [0.25, 0.3) is 0 Å². The van der Waals surface area contributed by atoms with E-state index < -0.39 is 20.0 Å². The van der Waals surface area contributed by atoms with Gasteiger partial charge in [0.1, 0.15) is 0 Å². The molecule has 0 unspecified atom stereocenters. The number of nitrogens with zero attached hydrogens (tertiary/aromatic N) is 2. The van der Waals surface area contributed by atoms with E-state index in [1.165, 1.54) is 24.3 Å².